The fraction of sp³-hybridized carbons (Fsp3) is 0.400. The minimum Gasteiger partial charge on any atom is -0.481 e. The maximum atomic E-state index is 12.0. The first-order chi connectivity index (χ1) is 12.3. The van der Waals surface area contributed by atoms with Crippen LogP contribution in [0.2, 0.25) is 0 Å². The zero-order valence-electron chi connectivity index (χ0n) is 15.9. The van der Waals surface area contributed by atoms with E-state index in [9.17, 15) is 4.79 Å². The summed E-state index contributed by atoms with van der Waals surface area (Å²) < 4.78 is 12.8. The van der Waals surface area contributed by atoms with E-state index in [0.29, 0.717) is 12.4 Å². The number of carbonyl (C=O) groups is 1. The van der Waals surface area contributed by atoms with Crippen LogP contribution in [0.15, 0.2) is 36.7 Å². The molecule has 6 heteroatoms. The Kier molecular flexibility index (Phi) is 4.76. The lowest BCUT2D eigenvalue weighted by atomic mass is 10.1. The van der Waals surface area contributed by atoms with Crippen LogP contribution in [0.3, 0.4) is 0 Å². The number of pyridine rings is 1. The molecule has 1 atom stereocenters. The van der Waals surface area contributed by atoms with Gasteiger partial charge in [-0.1, -0.05) is 6.07 Å². The van der Waals surface area contributed by atoms with Gasteiger partial charge in [-0.2, -0.15) is 0 Å². The van der Waals surface area contributed by atoms with Crippen LogP contribution in [0.4, 0.5) is 4.79 Å². The van der Waals surface area contributed by atoms with E-state index < -0.39 is 11.7 Å². The lowest BCUT2D eigenvalue weighted by Gasteiger charge is -2.22. The van der Waals surface area contributed by atoms with Crippen molar-refractivity contribution < 1.29 is 14.3 Å². The molecule has 0 aliphatic carbocycles. The standard InChI is InChI=1S/C20H25N3O3/c1-13(22-19(24)26-20(2,3)4)12-23-11-9-14-6-7-16-15(17(14)23)8-10-21-18(16)25-5/h6-11,13H,12H2,1-5H3,(H,22,24)/t13-/m0/s1. The number of ether oxygens (including phenoxy) is 2. The molecule has 1 aromatic carbocycles. The SMILES string of the molecule is COc1nccc2c1ccc1ccn(C[C@H](C)NC(=O)OC(C)(C)C)c12. The second-order valence-electron chi connectivity index (χ2n) is 7.43. The Morgan fingerprint density at radius 2 is 2.00 bits per heavy atom. The molecule has 0 bridgehead atoms. The van der Waals surface area contributed by atoms with E-state index >= 15 is 0 Å². The van der Waals surface area contributed by atoms with Gasteiger partial charge in [-0.3, -0.25) is 0 Å². The van der Waals surface area contributed by atoms with Gasteiger partial charge < -0.3 is 19.4 Å². The van der Waals surface area contributed by atoms with Gasteiger partial charge in [0.25, 0.3) is 0 Å². The first kappa shape index (κ1) is 18.0. The van der Waals surface area contributed by atoms with Crippen LogP contribution in [0.5, 0.6) is 5.88 Å². The number of nitrogens with zero attached hydrogens (tertiary/aromatic N) is 2. The Hall–Kier alpha value is -2.76. The summed E-state index contributed by atoms with van der Waals surface area (Å²) >= 11 is 0. The Morgan fingerprint density at radius 3 is 2.69 bits per heavy atom. The number of hydrogen-bond donors (Lipinski definition) is 1. The Morgan fingerprint density at radius 1 is 1.23 bits per heavy atom. The molecule has 0 radical (unpaired) electrons. The topological polar surface area (TPSA) is 65.4 Å². The van der Waals surface area contributed by atoms with Gasteiger partial charge in [0.2, 0.25) is 5.88 Å². The minimum atomic E-state index is -0.510. The molecule has 0 saturated carbocycles. The van der Waals surface area contributed by atoms with Crippen molar-refractivity contribution in [3.8, 4) is 5.88 Å². The summed E-state index contributed by atoms with van der Waals surface area (Å²) in [5.41, 5.74) is 0.588. The summed E-state index contributed by atoms with van der Waals surface area (Å²) in [6.07, 6.45) is 3.38. The predicted octanol–water partition coefficient (Wildman–Crippen LogP) is 4.11. The third-order valence-electron chi connectivity index (χ3n) is 4.06. The number of alkyl carbamates (subject to hydrolysis) is 1. The normalized spacial score (nSPS) is 13.0. The molecule has 1 N–H and O–H groups in total. The number of aromatic nitrogens is 2. The smallest absolute Gasteiger partial charge is 0.407 e. The molecule has 6 nitrogen and oxygen atoms in total. The van der Waals surface area contributed by atoms with Crippen molar-refractivity contribution in [3.05, 3.63) is 36.7 Å². The Bertz CT molecular complexity index is 941. The third kappa shape index (κ3) is 3.74. The fourth-order valence-corrected chi connectivity index (χ4v) is 3.09. The van der Waals surface area contributed by atoms with Crippen molar-refractivity contribution in [3.63, 3.8) is 0 Å². The van der Waals surface area contributed by atoms with Gasteiger partial charge in [-0.15, -0.1) is 0 Å². The third-order valence-corrected chi connectivity index (χ3v) is 4.06. The van der Waals surface area contributed by atoms with Gasteiger partial charge in [0.15, 0.2) is 0 Å². The van der Waals surface area contributed by atoms with Crippen molar-refractivity contribution >= 4 is 27.8 Å². The molecule has 0 fully saturated rings. The van der Waals surface area contributed by atoms with Gasteiger partial charge in [0, 0.05) is 41.1 Å². The first-order valence-electron chi connectivity index (χ1n) is 8.68. The Balaban J connectivity index is 1.89. The number of nitrogens with one attached hydrogen (secondary N) is 1. The van der Waals surface area contributed by atoms with Crippen molar-refractivity contribution in [1.82, 2.24) is 14.9 Å². The van der Waals surface area contributed by atoms with Crippen molar-refractivity contribution in [2.24, 2.45) is 0 Å². The number of amides is 1. The number of benzene rings is 1. The molecule has 3 rings (SSSR count). The van der Waals surface area contributed by atoms with Gasteiger partial charge in [-0.25, -0.2) is 9.78 Å². The number of methoxy groups -OCH3 is 1. The second-order valence-corrected chi connectivity index (χ2v) is 7.43. The number of carbonyl (C=O) groups excluding carboxylic acids is 1. The van der Waals surface area contributed by atoms with Crippen LogP contribution in [-0.2, 0) is 11.3 Å². The number of fused-ring (bicyclic) bond motifs is 3. The van der Waals surface area contributed by atoms with E-state index in [4.69, 9.17) is 9.47 Å². The highest BCUT2D eigenvalue weighted by Crippen LogP contribution is 2.30. The summed E-state index contributed by atoms with van der Waals surface area (Å²) in [7, 11) is 1.62. The molecule has 26 heavy (non-hydrogen) atoms. The van der Waals surface area contributed by atoms with Crippen LogP contribution in [0.25, 0.3) is 21.7 Å². The average Bonchev–Trinajstić information content (AvgIpc) is 2.95. The van der Waals surface area contributed by atoms with Gasteiger partial charge in [0.05, 0.1) is 12.6 Å². The zero-order valence-corrected chi connectivity index (χ0v) is 15.9. The summed E-state index contributed by atoms with van der Waals surface area (Å²) in [6.45, 7) is 8.15. The molecule has 2 heterocycles. The van der Waals surface area contributed by atoms with Crippen LogP contribution < -0.4 is 10.1 Å². The summed E-state index contributed by atoms with van der Waals surface area (Å²) in [4.78, 5) is 16.3. The molecule has 2 aromatic heterocycles. The lowest BCUT2D eigenvalue weighted by Crippen LogP contribution is -2.39. The maximum absolute atomic E-state index is 12.0. The number of hydrogen-bond acceptors (Lipinski definition) is 4. The lowest BCUT2D eigenvalue weighted by molar-refractivity contribution is 0.0504. The van der Waals surface area contributed by atoms with Crippen LogP contribution in [0, 0.1) is 0 Å². The molecule has 0 aliphatic heterocycles. The Labute approximate surface area is 153 Å². The zero-order chi connectivity index (χ0) is 18.9. The highest BCUT2D eigenvalue weighted by molar-refractivity contribution is 6.07. The van der Waals surface area contributed by atoms with Gasteiger partial charge >= 0.3 is 6.09 Å². The van der Waals surface area contributed by atoms with E-state index in [2.05, 4.69) is 27.0 Å². The summed E-state index contributed by atoms with van der Waals surface area (Å²) in [5, 5.41) is 6.07. The molecule has 0 saturated heterocycles. The van der Waals surface area contributed by atoms with Crippen molar-refractivity contribution in [2.45, 2.75) is 45.9 Å². The summed E-state index contributed by atoms with van der Waals surface area (Å²) in [6, 6.07) is 8.06. The maximum Gasteiger partial charge on any atom is 0.407 e. The molecular weight excluding hydrogens is 330 g/mol. The average molecular weight is 355 g/mol. The quantitative estimate of drug-likeness (QED) is 0.765. The fourth-order valence-electron chi connectivity index (χ4n) is 3.09. The molecule has 0 spiro atoms. The van der Waals surface area contributed by atoms with Gasteiger partial charge in [-0.05, 0) is 45.9 Å². The molecular formula is C20H25N3O3. The molecule has 0 unspecified atom stereocenters. The van der Waals surface area contributed by atoms with Crippen LogP contribution in [-0.4, -0.2) is 34.4 Å². The highest BCUT2D eigenvalue weighted by Gasteiger charge is 2.18. The minimum absolute atomic E-state index is 0.0839. The molecule has 1 amide bonds. The molecule has 138 valence electrons. The van der Waals surface area contributed by atoms with Crippen molar-refractivity contribution in [2.75, 3.05) is 7.11 Å². The van der Waals surface area contributed by atoms with Gasteiger partial charge in [0.1, 0.15) is 5.60 Å². The number of rotatable bonds is 4. The highest BCUT2D eigenvalue weighted by atomic mass is 16.6. The molecule has 3 aromatic rings. The van der Waals surface area contributed by atoms with Crippen LogP contribution in [0.1, 0.15) is 27.7 Å². The van der Waals surface area contributed by atoms with E-state index in [1.165, 1.54) is 0 Å². The van der Waals surface area contributed by atoms with E-state index in [-0.39, 0.29) is 6.04 Å². The largest absolute Gasteiger partial charge is 0.481 e. The monoisotopic (exact) mass is 355 g/mol. The first-order valence-corrected chi connectivity index (χ1v) is 8.68. The predicted molar refractivity (Wildman–Crippen MR) is 103 cm³/mol. The summed E-state index contributed by atoms with van der Waals surface area (Å²) in [5.74, 6) is 0.608. The van der Waals surface area contributed by atoms with E-state index in [0.717, 1.165) is 21.7 Å². The molecule has 0 aliphatic rings. The second kappa shape index (κ2) is 6.86. The van der Waals surface area contributed by atoms with Crippen LogP contribution >= 0.6 is 0 Å². The van der Waals surface area contributed by atoms with E-state index in [1.807, 2.05) is 46.0 Å². The van der Waals surface area contributed by atoms with Crippen molar-refractivity contribution in [1.29, 1.82) is 0 Å². The van der Waals surface area contributed by atoms with E-state index in [1.54, 1.807) is 13.3 Å².